The second kappa shape index (κ2) is 8.48. The number of hydrogen-bond donors (Lipinski definition) is 2. The third-order valence-electron chi connectivity index (χ3n) is 5.73. The Labute approximate surface area is 166 Å². The van der Waals surface area contributed by atoms with Crippen LogP contribution in [0.15, 0.2) is 54.6 Å². The maximum Gasteiger partial charge on any atom is 0.118 e. The Morgan fingerprint density at radius 1 is 0.929 bits per heavy atom. The Bertz CT molecular complexity index is 879. The molecule has 0 atom stereocenters. The van der Waals surface area contributed by atoms with Crippen molar-refractivity contribution in [3.63, 3.8) is 0 Å². The van der Waals surface area contributed by atoms with Crippen molar-refractivity contribution in [2.75, 3.05) is 27.3 Å². The number of ether oxygens (including phenoxy) is 2. The molecule has 1 aliphatic rings. The van der Waals surface area contributed by atoms with Crippen LogP contribution in [0, 0.1) is 0 Å². The first kappa shape index (κ1) is 18.6. The highest BCUT2D eigenvalue weighted by Crippen LogP contribution is 2.27. The molecule has 0 aliphatic carbocycles. The summed E-state index contributed by atoms with van der Waals surface area (Å²) in [4.78, 5) is 1.65. The van der Waals surface area contributed by atoms with Crippen LogP contribution in [0.2, 0.25) is 0 Å². The van der Waals surface area contributed by atoms with Gasteiger partial charge in [-0.15, -0.1) is 0 Å². The van der Waals surface area contributed by atoms with Gasteiger partial charge in [-0.25, -0.2) is 0 Å². The van der Waals surface area contributed by atoms with Crippen molar-refractivity contribution in [1.82, 2.24) is 10.2 Å². The van der Waals surface area contributed by atoms with Crippen LogP contribution in [-0.4, -0.2) is 37.5 Å². The molecule has 1 aliphatic heterocycles. The van der Waals surface area contributed by atoms with Crippen LogP contribution in [0.25, 0.3) is 11.3 Å². The van der Waals surface area contributed by atoms with Crippen molar-refractivity contribution in [1.29, 1.82) is 0 Å². The van der Waals surface area contributed by atoms with E-state index in [1.807, 2.05) is 24.3 Å². The second-order valence-corrected chi connectivity index (χ2v) is 7.49. The predicted molar refractivity (Wildman–Crippen MR) is 110 cm³/mol. The minimum Gasteiger partial charge on any atom is -0.497 e. The Morgan fingerprint density at radius 2 is 1.54 bits per heavy atom. The van der Waals surface area contributed by atoms with E-state index in [0.29, 0.717) is 5.92 Å². The van der Waals surface area contributed by atoms with E-state index >= 15 is 0 Å². The van der Waals surface area contributed by atoms with E-state index in [0.717, 1.165) is 29.3 Å². The maximum absolute atomic E-state index is 5.25. The molecule has 1 aromatic heterocycles. The molecule has 1 saturated heterocycles. The van der Waals surface area contributed by atoms with Crippen molar-refractivity contribution in [2.24, 2.45) is 0 Å². The average Bonchev–Trinajstić information content (AvgIpc) is 3.25. The zero-order chi connectivity index (χ0) is 19.3. The van der Waals surface area contributed by atoms with Crippen molar-refractivity contribution in [2.45, 2.75) is 25.3 Å². The fourth-order valence-corrected chi connectivity index (χ4v) is 4.00. The van der Waals surface area contributed by atoms with E-state index in [2.05, 4.69) is 40.5 Å². The fraction of sp³-hybridized carbons (Fsp3) is 0.348. The van der Waals surface area contributed by atoms with Crippen molar-refractivity contribution in [3.8, 4) is 22.8 Å². The summed E-state index contributed by atoms with van der Waals surface area (Å²) in [6, 6.07) is 18.7. The number of nitrogens with one attached hydrogen (secondary N) is 2. The van der Waals surface area contributed by atoms with E-state index in [1.165, 1.54) is 37.2 Å². The van der Waals surface area contributed by atoms with Crippen LogP contribution >= 0.6 is 0 Å². The summed E-state index contributed by atoms with van der Waals surface area (Å²) in [7, 11) is 3.39. The molecule has 0 unspecified atom stereocenters. The first-order chi connectivity index (χ1) is 13.7. The van der Waals surface area contributed by atoms with Gasteiger partial charge in [-0.05, 0) is 54.6 Å². The van der Waals surface area contributed by atoms with Crippen molar-refractivity contribution < 1.29 is 14.4 Å². The monoisotopic (exact) mass is 378 g/mol. The molecular weight excluding hydrogens is 350 g/mol. The van der Waals surface area contributed by atoms with Crippen LogP contribution in [0.4, 0.5) is 0 Å². The smallest absolute Gasteiger partial charge is 0.118 e. The van der Waals surface area contributed by atoms with Crippen LogP contribution in [0.3, 0.4) is 0 Å². The maximum atomic E-state index is 5.25. The van der Waals surface area contributed by atoms with Gasteiger partial charge in [-0.3, -0.25) is 5.10 Å². The summed E-state index contributed by atoms with van der Waals surface area (Å²) in [5, 5.41) is 7.81. The zero-order valence-corrected chi connectivity index (χ0v) is 16.6. The number of methoxy groups -OCH3 is 2. The molecule has 4 rings (SSSR count). The van der Waals surface area contributed by atoms with Crippen LogP contribution in [-0.2, 0) is 6.54 Å². The molecule has 0 radical (unpaired) electrons. The molecule has 2 N–H and O–H groups in total. The number of aromatic nitrogens is 2. The Balaban J connectivity index is 1.34. The Morgan fingerprint density at radius 3 is 2.14 bits per heavy atom. The van der Waals surface area contributed by atoms with E-state index in [1.54, 1.807) is 19.1 Å². The number of nitrogens with zero attached hydrogens (tertiary/aromatic N) is 1. The normalized spacial score (nSPS) is 19.4. The number of hydrogen-bond acceptors (Lipinski definition) is 3. The lowest BCUT2D eigenvalue weighted by Crippen LogP contribution is -3.11. The zero-order valence-electron chi connectivity index (χ0n) is 16.6. The first-order valence-electron chi connectivity index (χ1n) is 9.91. The van der Waals surface area contributed by atoms with Gasteiger partial charge in [0.15, 0.2) is 0 Å². The van der Waals surface area contributed by atoms with Gasteiger partial charge in [0, 0.05) is 35.6 Å². The number of quaternary nitrogens is 1. The molecule has 0 spiro atoms. The molecule has 1 fully saturated rings. The molecule has 5 heteroatoms. The predicted octanol–water partition coefficient (Wildman–Crippen LogP) is 3.06. The molecular formula is C23H28N3O2+. The summed E-state index contributed by atoms with van der Waals surface area (Å²) in [6.45, 7) is 3.46. The topological polar surface area (TPSA) is 51.6 Å². The van der Waals surface area contributed by atoms with E-state index in [9.17, 15) is 0 Å². The van der Waals surface area contributed by atoms with E-state index < -0.39 is 0 Å². The lowest BCUT2D eigenvalue weighted by molar-refractivity contribution is -0.919. The lowest BCUT2D eigenvalue weighted by Gasteiger charge is -2.28. The molecule has 2 aromatic carbocycles. The summed E-state index contributed by atoms with van der Waals surface area (Å²) in [6.07, 6.45) is 2.38. The third kappa shape index (κ3) is 4.20. The molecule has 146 valence electrons. The van der Waals surface area contributed by atoms with Gasteiger partial charge >= 0.3 is 0 Å². The molecule has 28 heavy (non-hydrogen) atoms. The fourth-order valence-electron chi connectivity index (χ4n) is 4.00. The van der Waals surface area contributed by atoms with Gasteiger partial charge in [0.25, 0.3) is 0 Å². The first-order valence-corrected chi connectivity index (χ1v) is 9.91. The quantitative estimate of drug-likeness (QED) is 0.693. The summed E-state index contributed by atoms with van der Waals surface area (Å²) in [5.41, 5.74) is 4.75. The van der Waals surface area contributed by atoms with Gasteiger partial charge in [-0.2, -0.15) is 5.10 Å². The summed E-state index contributed by atoms with van der Waals surface area (Å²) < 4.78 is 10.5. The Kier molecular flexibility index (Phi) is 5.63. The second-order valence-electron chi connectivity index (χ2n) is 7.49. The molecule has 0 bridgehead atoms. The molecule has 2 heterocycles. The third-order valence-corrected chi connectivity index (χ3v) is 5.73. The minimum absolute atomic E-state index is 0.569. The van der Waals surface area contributed by atoms with Gasteiger partial charge in [0.05, 0.1) is 33.0 Å². The van der Waals surface area contributed by atoms with Gasteiger partial charge < -0.3 is 14.4 Å². The Hall–Kier alpha value is -2.79. The number of benzene rings is 2. The highest BCUT2D eigenvalue weighted by atomic mass is 16.5. The summed E-state index contributed by atoms with van der Waals surface area (Å²) >= 11 is 0. The van der Waals surface area contributed by atoms with E-state index in [-0.39, 0.29) is 0 Å². The molecule has 0 amide bonds. The van der Waals surface area contributed by atoms with Crippen LogP contribution < -0.4 is 14.4 Å². The standard InChI is InChI=1S/C23H27N3O2/c1-27-20-7-3-17(4-8-20)16-26-13-11-19(12-14-26)23-15-22(24-25-23)18-5-9-21(28-2)10-6-18/h3-10,15,19H,11-14,16H2,1-2H3,(H,24,25)/p+1. The van der Waals surface area contributed by atoms with E-state index in [4.69, 9.17) is 9.47 Å². The van der Waals surface area contributed by atoms with Crippen molar-refractivity contribution in [3.05, 3.63) is 65.9 Å². The largest absolute Gasteiger partial charge is 0.497 e. The SMILES string of the molecule is COc1ccc(C[NH+]2CCC(c3cc(-c4ccc(OC)cc4)n[nH]3)CC2)cc1. The average molecular weight is 378 g/mol. The van der Waals surface area contributed by atoms with Gasteiger partial charge in [0.2, 0.25) is 0 Å². The summed E-state index contributed by atoms with van der Waals surface area (Å²) in [5.74, 6) is 2.36. The van der Waals surface area contributed by atoms with Crippen LogP contribution in [0.5, 0.6) is 11.5 Å². The minimum atomic E-state index is 0.569. The number of likely N-dealkylation sites (tertiary alicyclic amines) is 1. The lowest BCUT2D eigenvalue weighted by atomic mass is 9.93. The highest BCUT2D eigenvalue weighted by molar-refractivity contribution is 5.60. The molecule has 3 aromatic rings. The number of rotatable bonds is 6. The van der Waals surface area contributed by atoms with Crippen molar-refractivity contribution >= 4 is 0 Å². The number of H-pyrrole nitrogens is 1. The van der Waals surface area contributed by atoms with Gasteiger partial charge in [0.1, 0.15) is 18.0 Å². The number of piperidine rings is 1. The highest BCUT2D eigenvalue weighted by Gasteiger charge is 2.25. The van der Waals surface area contributed by atoms with Crippen LogP contribution in [0.1, 0.15) is 30.0 Å². The molecule has 5 nitrogen and oxygen atoms in total. The van der Waals surface area contributed by atoms with Gasteiger partial charge in [-0.1, -0.05) is 0 Å². The molecule has 0 saturated carbocycles. The number of aromatic amines is 1.